The summed E-state index contributed by atoms with van der Waals surface area (Å²) in [5.74, 6) is -0.265. The van der Waals surface area contributed by atoms with Gasteiger partial charge >= 0.3 is 6.09 Å². The van der Waals surface area contributed by atoms with E-state index >= 15 is 0 Å². The van der Waals surface area contributed by atoms with Crippen molar-refractivity contribution >= 4 is 17.9 Å². The Morgan fingerprint density at radius 1 is 1.18 bits per heavy atom. The number of rotatable bonds is 6. The maximum Gasteiger partial charge on any atom is 0.409 e. The SMILES string of the molecule is CCNC(=O)CN(CC)C(=O)C1CCN(C(=O)OCC)CC1. The Labute approximate surface area is 132 Å². The molecule has 1 heterocycles. The molecule has 0 unspecified atom stereocenters. The number of likely N-dealkylation sites (tertiary alicyclic amines) is 1. The molecule has 126 valence electrons. The fourth-order valence-electron chi connectivity index (χ4n) is 2.55. The van der Waals surface area contributed by atoms with Crippen molar-refractivity contribution in [1.29, 1.82) is 0 Å². The highest BCUT2D eigenvalue weighted by Gasteiger charge is 2.30. The Bertz CT molecular complexity index is 392. The molecule has 1 N–H and O–H groups in total. The number of carbonyl (C=O) groups is 3. The monoisotopic (exact) mass is 313 g/mol. The lowest BCUT2D eigenvalue weighted by Gasteiger charge is -2.33. The molecular formula is C15H27N3O4. The van der Waals surface area contributed by atoms with Gasteiger partial charge in [-0.2, -0.15) is 0 Å². The molecule has 0 spiro atoms. The van der Waals surface area contributed by atoms with Crippen LogP contribution in [0.2, 0.25) is 0 Å². The van der Waals surface area contributed by atoms with E-state index in [0.29, 0.717) is 45.6 Å². The Morgan fingerprint density at radius 2 is 1.82 bits per heavy atom. The zero-order chi connectivity index (χ0) is 16.5. The maximum atomic E-state index is 12.5. The molecule has 7 nitrogen and oxygen atoms in total. The molecule has 7 heteroatoms. The van der Waals surface area contributed by atoms with Gasteiger partial charge in [-0.1, -0.05) is 0 Å². The molecule has 0 aromatic heterocycles. The first-order chi connectivity index (χ1) is 10.5. The standard InChI is InChI=1S/C15H27N3O4/c1-4-16-13(19)11-17(5-2)14(20)12-7-9-18(10-8-12)15(21)22-6-3/h12H,4-11H2,1-3H3,(H,16,19). The molecular weight excluding hydrogens is 286 g/mol. The van der Waals surface area contributed by atoms with E-state index in [-0.39, 0.29) is 30.4 Å². The zero-order valence-corrected chi connectivity index (χ0v) is 13.8. The molecule has 1 aliphatic rings. The van der Waals surface area contributed by atoms with E-state index in [1.165, 1.54) is 0 Å². The van der Waals surface area contributed by atoms with Crippen molar-refractivity contribution in [2.45, 2.75) is 33.6 Å². The van der Waals surface area contributed by atoms with Crippen molar-refractivity contribution in [2.75, 3.05) is 39.3 Å². The highest BCUT2D eigenvalue weighted by Crippen LogP contribution is 2.20. The summed E-state index contributed by atoms with van der Waals surface area (Å²) in [6.07, 6.45) is 0.913. The number of hydrogen-bond donors (Lipinski definition) is 1. The Balaban J connectivity index is 2.49. The molecule has 0 aliphatic carbocycles. The summed E-state index contributed by atoms with van der Waals surface area (Å²) in [6.45, 7) is 8.05. The van der Waals surface area contributed by atoms with Crippen LogP contribution in [0.1, 0.15) is 33.6 Å². The van der Waals surface area contributed by atoms with E-state index in [2.05, 4.69) is 5.32 Å². The number of piperidine rings is 1. The average molecular weight is 313 g/mol. The van der Waals surface area contributed by atoms with Crippen LogP contribution >= 0.6 is 0 Å². The second kappa shape index (κ2) is 9.27. The predicted molar refractivity (Wildman–Crippen MR) is 82.3 cm³/mol. The minimum absolute atomic E-state index is 0.00254. The van der Waals surface area contributed by atoms with Gasteiger partial charge in [0.25, 0.3) is 0 Å². The molecule has 0 bridgehead atoms. The lowest BCUT2D eigenvalue weighted by Crippen LogP contribution is -2.47. The van der Waals surface area contributed by atoms with E-state index < -0.39 is 0 Å². The molecule has 1 fully saturated rings. The largest absolute Gasteiger partial charge is 0.450 e. The van der Waals surface area contributed by atoms with Gasteiger partial charge in [0.15, 0.2) is 0 Å². The van der Waals surface area contributed by atoms with Crippen LogP contribution in [0.3, 0.4) is 0 Å². The summed E-state index contributed by atoms with van der Waals surface area (Å²) in [7, 11) is 0. The van der Waals surface area contributed by atoms with Gasteiger partial charge in [0.2, 0.25) is 11.8 Å². The zero-order valence-electron chi connectivity index (χ0n) is 13.8. The number of carbonyl (C=O) groups excluding carboxylic acids is 3. The molecule has 0 radical (unpaired) electrons. The van der Waals surface area contributed by atoms with Gasteiger partial charge in [0, 0.05) is 32.1 Å². The molecule has 1 aliphatic heterocycles. The van der Waals surface area contributed by atoms with Gasteiger partial charge in [-0.25, -0.2) is 4.79 Å². The van der Waals surface area contributed by atoms with Crippen LogP contribution in [-0.4, -0.2) is 67.0 Å². The summed E-state index contributed by atoms with van der Waals surface area (Å²) in [5.41, 5.74) is 0. The molecule has 0 atom stereocenters. The van der Waals surface area contributed by atoms with Gasteiger partial charge in [0.1, 0.15) is 0 Å². The number of nitrogens with one attached hydrogen (secondary N) is 1. The van der Waals surface area contributed by atoms with Crippen molar-refractivity contribution in [2.24, 2.45) is 5.92 Å². The van der Waals surface area contributed by atoms with Crippen LogP contribution in [0.5, 0.6) is 0 Å². The first-order valence-electron chi connectivity index (χ1n) is 8.00. The van der Waals surface area contributed by atoms with Crippen molar-refractivity contribution in [3.05, 3.63) is 0 Å². The molecule has 1 rings (SSSR count). The summed E-state index contributed by atoms with van der Waals surface area (Å²) >= 11 is 0. The van der Waals surface area contributed by atoms with Gasteiger partial charge in [-0.15, -0.1) is 0 Å². The Kier molecular flexibility index (Phi) is 7.70. The fraction of sp³-hybridized carbons (Fsp3) is 0.800. The smallest absolute Gasteiger partial charge is 0.409 e. The summed E-state index contributed by atoms with van der Waals surface area (Å²) in [5, 5.41) is 2.70. The van der Waals surface area contributed by atoms with Crippen molar-refractivity contribution in [3.63, 3.8) is 0 Å². The van der Waals surface area contributed by atoms with Crippen molar-refractivity contribution in [3.8, 4) is 0 Å². The third-order valence-corrected chi connectivity index (χ3v) is 3.77. The number of amides is 3. The Morgan fingerprint density at radius 3 is 2.32 bits per heavy atom. The number of nitrogens with zero attached hydrogens (tertiary/aromatic N) is 2. The van der Waals surface area contributed by atoms with Crippen LogP contribution in [0, 0.1) is 5.92 Å². The highest BCUT2D eigenvalue weighted by atomic mass is 16.6. The van der Waals surface area contributed by atoms with E-state index in [9.17, 15) is 14.4 Å². The van der Waals surface area contributed by atoms with Crippen molar-refractivity contribution < 1.29 is 19.1 Å². The van der Waals surface area contributed by atoms with E-state index in [4.69, 9.17) is 4.74 Å². The van der Waals surface area contributed by atoms with E-state index in [1.54, 1.807) is 16.7 Å². The third-order valence-electron chi connectivity index (χ3n) is 3.77. The van der Waals surface area contributed by atoms with Crippen LogP contribution in [0.15, 0.2) is 0 Å². The lowest BCUT2D eigenvalue weighted by molar-refractivity contribution is -0.140. The summed E-state index contributed by atoms with van der Waals surface area (Å²) in [6, 6.07) is 0. The van der Waals surface area contributed by atoms with Crippen LogP contribution < -0.4 is 5.32 Å². The first-order valence-corrected chi connectivity index (χ1v) is 8.00. The van der Waals surface area contributed by atoms with Gasteiger partial charge in [-0.3, -0.25) is 9.59 Å². The summed E-state index contributed by atoms with van der Waals surface area (Å²) in [4.78, 5) is 39.0. The predicted octanol–water partition coefficient (Wildman–Crippen LogP) is 0.839. The van der Waals surface area contributed by atoms with Gasteiger partial charge in [0.05, 0.1) is 13.2 Å². The third kappa shape index (κ3) is 5.20. The minimum atomic E-state index is -0.317. The van der Waals surface area contributed by atoms with Crippen LogP contribution in [-0.2, 0) is 14.3 Å². The van der Waals surface area contributed by atoms with Crippen LogP contribution in [0.4, 0.5) is 4.79 Å². The average Bonchev–Trinajstić information content (AvgIpc) is 2.52. The number of likely N-dealkylation sites (N-methyl/N-ethyl adjacent to an activating group) is 2. The molecule has 1 saturated heterocycles. The fourth-order valence-corrected chi connectivity index (χ4v) is 2.55. The maximum absolute atomic E-state index is 12.5. The normalized spacial score (nSPS) is 15.3. The minimum Gasteiger partial charge on any atom is -0.450 e. The second-order valence-corrected chi connectivity index (χ2v) is 5.27. The molecule has 0 aromatic rings. The Hall–Kier alpha value is -1.79. The van der Waals surface area contributed by atoms with Crippen LogP contribution in [0.25, 0.3) is 0 Å². The first kappa shape index (κ1) is 18.3. The summed E-state index contributed by atoms with van der Waals surface area (Å²) < 4.78 is 4.96. The highest BCUT2D eigenvalue weighted by molar-refractivity contribution is 5.86. The van der Waals surface area contributed by atoms with E-state index in [1.807, 2.05) is 13.8 Å². The second-order valence-electron chi connectivity index (χ2n) is 5.27. The van der Waals surface area contributed by atoms with Crippen molar-refractivity contribution in [1.82, 2.24) is 15.1 Å². The molecule has 0 aromatic carbocycles. The van der Waals surface area contributed by atoms with Gasteiger partial charge < -0.3 is 19.9 Å². The lowest BCUT2D eigenvalue weighted by atomic mass is 9.95. The molecule has 22 heavy (non-hydrogen) atoms. The van der Waals surface area contributed by atoms with Gasteiger partial charge in [-0.05, 0) is 33.6 Å². The quantitative estimate of drug-likeness (QED) is 0.788. The number of ether oxygens (including phenoxy) is 1. The topological polar surface area (TPSA) is 79.0 Å². The number of hydrogen-bond acceptors (Lipinski definition) is 4. The molecule has 0 saturated carbocycles. The molecule has 3 amide bonds. The van der Waals surface area contributed by atoms with E-state index in [0.717, 1.165) is 0 Å².